The van der Waals surface area contributed by atoms with Crippen LogP contribution in [0.3, 0.4) is 0 Å². The first-order valence-electron chi connectivity index (χ1n) is 4.24. The van der Waals surface area contributed by atoms with Crippen molar-refractivity contribution in [3.05, 3.63) is 23.8 Å². The summed E-state index contributed by atoms with van der Waals surface area (Å²) in [5, 5.41) is 8.35. The van der Waals surface area contributed by atoms with E-state index in [0.717, 1.165) is 0 Å². The smallest absolute Gasteiger partial charge is 0.376 e. The summed E-state index contributed by atoms with van der Waals surface area (Å²) in [6.07, 6.45) is 2.40. The van der Waals surface area contributed by atoms with Crippen LogP contribution in [0.15, 0.2) is 12.4 Å². The average Bonchev–Trinajstić information content (AvgIpc) is 2.28. The molecule has 0 saturated carbocycles. The van der Waals surface area contributed by atoms with Gasteiger partial charge in [0.25, 0.3) is 0 Å². The van der Waals surface area contributed by atoms with Crippen LogP contribution in [-0.4, -0.2) is 34.1 Å². The van der Waals surface area contributed by atoms with E-state index in [0.29, 0.717) is 5.56 Å². The van der Waals surface area contributed by atoms with E-state index in [4.69, 9.17) is 5.11 Å². The number of hydrogen-bond acceptors (Lipinski definition) is 5. The van der Waals surface area contributed by atoms with Crippen LogP contribution in [0.4, 0.5) is 0 Å². The molecule has 0 spiro atoms. The van der Waals surface area contributed by atoms with Crippen LogP contribution in [0.5, 0.6) is 0 Å². The molecule has 0 aliphatic heterocycles. The molecule has 1 aromatic heterocycles. The summed E-state index contributed by atoms with van der Waals surface area (Å²) in [7, 11) is 1.23. The van der Waals surface area contributed by atoms with E-state index in [1.54, 1.807) is 0 Å². The number of carbonyl (C=O) groups excluding carboxylic acids is 1. The zero-order chi connectivity index (χ0) is 12.0. The lowest BCUT2D eigenvalue weighted by Gasteiger charge is -1.95. The van der Waals surface area contributed by atoms with Crippen molar-refractivity contribution < 1.29 is 19.4 Å². The zero-order valence-corrected chi connectivity index (χ0v) is 8.43. The number of esters is 1. The number of carboxylic acids is 1. The number of carbonyl (C=O) groups is 2. The molecule has 0 unspecified atom stereocenters. The Morgan fingerprint density at radius 3 is 2.56 bits per heavy atom. The van der Waals surface area contributed by atoms with Crippen LogP contribution < -0.4 is 0 Å². The number of aromatic nitrogens is 2. The van der Waals surface area contributed by atoms with Gasteiger partial charge in [0.05, 0.1) is 12.7 Å². The predicted molar refractivity (Wildman–Crippen MR) is 52.5 cm³/mol. The monoisotopic (exact) mass is 220 g/mol. The molecule has 1 N–H and O–H groups in total. The number of carboxylic acid groups (broad SMARTS) is 1. The van der Waals surface area contributed by atoms with Crippen molar-refractivity contribution in [3.8, 4) is 11.8 Å². The van der Waals surface area contributed by atoms with Crippen LogP contribution in [0.2, 0.25) is 0 Å². The number of methoxy groups -OCH3 is 1. The Kier molecular flexibility index (Phi) is 3.98. The van der Waals surface area contributed by atoms with E-state index < -0.39 is 11.9 Å². The van der Waals surface area contributed by atoms with Gasteiger partial charge in [-0.2, -0.15) is 0 Å². The molecule has 0 aliphatic carbocycles. The number of aliphatic carboxylic acids is 1. The summed E-state index contributed by atoms with van der Waals surface area (Å²) in [6, 6.07) is 0. The highest BCUT2D eigenvalue weighted by molar-refractivity contribution is 5.84. The van der Waals surface area contributed by atoms with Gasteiger partial charge in [-0.25, -0.2) is 14.8 Å². The minimum absolute atomic E-state index is 0.0636. The van der Waals surface area contributed by atoms with Crippen LogP contribution in [0.25, 0.3) is 0 Å². The first kappa shape index (κ1) is 11.7. The van der Waals surface area contributed by atoms with Crippen LogP contribution in [-0.2, 0) is 9.53 Å². The van der Waals surface area contributed by atoms with Crippen LogP contribution >= 0.6 is 0 Å². The van der Waals surface area contributed by atoms with Gasteiger partial charge in [-0.3, -0.25) is 4.79 Å². The second-order valence-electron chi connectivity index (χ2n) is 2.66. The normalized spacial score (nSPS) is 8.81. The Hall–Kier alpha value is -2.42. The Labute approximate surface area is 91.3 Å². The number of rotatable bonds is 2. The van der Waals surface area contributed by atoms with Crippen molar-refractivity contribution >= 4 is 11.9 Å². The van der Waals surface area contributed by atoms with E-state index in [1.807, 2.05) is 0 Å². The third-order valence-corrected chi connectivity index (χ3v) is 1.49. The van der Waals surface area contributed by atoms with Gasteiger partial charge in [0.15, 0.2) is 0 Å². The van der Waals surface area contributed by atoms with Crippen molar-refractivity contribution in [3.63, 3.8) is 0 Å². The van der Waals surface area contributed by atoms with Gasteiger partial charge in [0.2, 0.25) is 5.82 Å². The molecule has 1 rings (SSSR count). The lowest BCUT2D eigenvalue weighted by Crippen LogP contribution is -2.06. The number of hydrogen-bond donors (Lipinski definition) is 1. The maximum atomic E-state index is 11.0. The predicted octanol–water partition coefficient (Wildman–Crippen LogP) is 0.0894. The van der Waals surface area contributed by atoms with Gasteiger partial charge in [-0.15, -0.1) is 0 Å². The molecule has 6 heteroatoms. The third kappa shape index (κ3) is 3.38. The molecule has 0 amide bonds. The molecule has 6 nitrogen and oxygen atoms in total. The minimum atomic E-state index is -1.00. The average molecular weight is 220 g/mol. The molecule has 0 aliphatic rings. The fraction of sp³-hybridized carbons (Fsp3) is 0.200. The van der Waals surface area contributed by atoms with Crippen LogP contribution in [0.1, 0.15) is 22.6 Å². The lowest BCUT2D eigenvalue weighted by atomic mass is 10.3. The fourth-order valence-electron chi connectivity index (χ4n) is 0.811. The summed E-state index contributed by atoms with van der Waals surface area (Å²) in [4.78, 5) is 28.6. The molecule has 82 valence electrons. The molecule has 1 aromatic rings. The first-order valence-corrected chi connectivity index (χ1v) is 4.24. The van der Waals surface area contributed by atoms with Crippen molar-refractivity contribution in [2.75, 3.05) is 7.11 Å². The van der Waals surface area contributed by atoms with Crippen molar-refractivity contribution in [2.24, 2.45) is 0 Å². The summed E-state index contributed by atoms with van der Waals surface area (Å²) < 4.78 is 4.41. The van der Waals surface area contributed by atoms with E-state index in [-0.39, 0.29) is 12.2 Å². The first-order chi connectivity index (χ1) is 7.63. The standard InChI is InChI=1S/C10H8N2O4/c1-16-10(15)9-11-5-7(6-12-9)3-2-4-8(13)14/h5-6H,4H2,1H3,(H,13,14). The second-order valence-corrected chi connectivity index (χ2v) is 2.66. The van der Waals surface area contributed by atoms with Crippen molar-refractivity contribution in [2.45, 2.75) is 6.42 Å². The van der Waals surface area contributed by atoms with E-state index in [2.05, 4.69) is 26.5 Å². The number of ether oxygens (including phenoxy) is 1. The number of nitrogens with zero attached hydrogens (tertiary/aromatic N) is 2. The fourth-order valence-corrected chi connectivity index (χ4v) is 0.811. The van der Waals surface area contributed by atoms with E-state index >= 15 is 0 Å². The zero-order valence-electron chi connectivity index (χ0n) is 8.43. The summed E-state index contributed by atoms with van der Waals surface area (Å²) in [5.74, 6) is 3.27. The quantitative estimate of drug-likeness (QED) is 0.561. The highest BCUT2D eigenvalue weighted by Gasteiger charge is 2.07. The Morgan fingerprint density at radius 1 is 1.44 bits per heavy atom. The molecule has 0 atom stereocenters. The van der Waals surface area contributed by atoms with E-state index in [9.17, 15) is 9.59 Å². The van der Waals surface area contributed by atoms with Crippen molar-refractivity contribution in [1.29, 1.82) is 0 Å². The second kappa shape index (κ2) is 5.46. The van der Waals surface area contributed by atoms with Gasteiger partial charge in [-0.05, 0) is 0 Å². The summed E-state index contributed by atoms with van der Waals surface area (Å²) in [5.41, 5.74) is 0.439. The van der Waals surface area contributed by atoms with Crippen LogP contribution in [0, 0.1) is 11.8 Å². The molecule has 1 heterocycles. The topological polar surface area (TPSA) is 89.4 Å². The Balaban J connectivity index is 2.74. The summed E-state index contributed by atoms with van der Waals surface area (Å²) in [6.45, 7) is 0. The van der Waals surface area contributed by atoms with Gasteiger partial charge in [-0.1, -0.05) is 11.8 Å². The van der Waals surface area contributed by atoms with Crippen molar-refractivity contribution in [1.82, 2.24) is 9.97 Å². The highest BCUT2D eigenvalue weighted by atomic mass is 16.5. The van der Waals surface area contributed by atoms with Gasteiger partial charge < -0.3 is 9.84 Å². The molecule has 16 heavy (non-hydrogen) atoms. The van der Waals surface area contributed by atoms with Gasteiger partial charge in [0, 0.05) is 12.4 Å². The lowest BCUT2D eigenvalue weighted by molar-refractivity contribution is -0.135. The SMILES string of the molecule is COC(=O)c1ncc(C#CCC(=O)O)cn1. The molecule has 0 fully saturated rings. The Bertz CT molecular complexity index is 456. The maximum Gasteiger partial charge on any atom is 0.376 e. The van der Waals surface area contributed by atoms with E-state index in [1.165, 1.54) is 19.5 Å². The van der Waals surface area contributed by atoms with Gasteiger partial charge >= 0.3 is 11.9 Å². The summed E-state index contributed by atoms with van der Waals surface area (Å²) >= 11 is 0. The third-order valence-electron chi connectivity index (χ3n) is 1.49. The molecule has 0 saturated heterocycles. The molecular weight excluding hydrogens is 212 g/mol. The maximum absolute atomic E-state index is 11.0. The highest BCUT2D eigenvalue weighted by Crippen LogP contribution is 1.95. The Morgan fingerprint density at radius 2 is 2.06 bits per heavy atom. The molecular formula is C10H8N2O4. The van der Waals surface area contributed by atoms with Gasteiger partial charge in [0.1, 0.15) is 6.42 Å². The largest absolute Gasteiger partial charge is 0.481 e. The molecule has 0 aromatic carbocycles. The molecule has 0 radical (unpaired) electrons. The minimum Gasteiger partial charge on any atom is -0.481 e. The molecule has 0 bridgehead atoms.